The Balaban J connectivity index is 1.39. The lowest BCUT2D eigenvalue weighted by molar-refractivity contribution is -0.169. The van der Waals surface area contributed by atoms with Gasteiger partial charge in [0.15, 0.2) is 0 Å². The molecule has 0 saturated heterocycles. The van der Waals surface area contributed by atoms with E-state index in [0.717, 1.165) is 35.9 Å². The molecule has 2 N–H and O–H groups in total. The van der Waals surface area contributed by atoms with E-state index in [1.807, 2.05) is 30.3 Å². The lowest BCUT2D eigenvalue weighted by Gasteiger charge is -2.64. The Labute approximate surface area is 154 Å². The Morgan fingerprint density at radius 1 is 1.04 bits per heavy atom. The fourth-order valence-electron chi connectivity index (χ4n) is 7.17. The number of pyridine rings is 1. The smallest absolute Gasteiger partial charge is 0.244 e. The fraction of sp³-hybridized carbons (Fsp3) is 0.545. The molecule has 136 valence electrons. The van der Waals surface area contributed by atoms with Crippen LogP contribution in [0.15, 0.2) is 36.5 Å². The first-order chi connectivity index (χ1) is 12.4. The first kappa shape index (κ1) is 16.1. The number of amides is 1. The first-order valence-corrected chi connectivity index (χ1v) is 9.79. The summed E-state index contributed by atoms with van der Waals surface area (Å²) in [4.78, 5) is 17.7. The number of aromatic nitrogens is 1. The van der Waals surface area contributed by atoms with Crippen molar-refractivity contribution in [2.24, 2.45) is 22.2 Å². The molecule has 4 fully saturated rings. The third kappa shape index (κ3) is 2.42. The van der Waals surface area contributed by atoms with Crippen LogP contribution in [0.4, 0.5) is 5.69 Å². The molecule has 26 heavy (non-hydrogen) atoms. The molecular weight excluding hydrogens is 322 g/mol. The summed E-state index contributed by atoms with van der Waals surface area (Å²) >= 11 is 0. The summed E-state index contributed by atoms with van der Waals surface area (Å²) in [6.07, 6.45) is 8.83. The number of hydrogen-bond donors (Lipinski definition) is 2. The van der Waals surface area contributed by atoms with Crippen LogP contribution in [0.3, 0.4) is 0 Å². The Bertz CT molecular complexity index is 869. The largest absolute Gasteiger partial charge is 0.298 e. The average molecular weight is 349 g/mol. The van der Waals surface area contributed by atoms with Gasteiger partial charge in [-0.1, -0.05) is 19.9 Å². The van der Waals surface area contributed by atoms with Crippen LogP contribution >= 0.6 is 0 Å². The SMILES string of the molecule is CC12CC3CC(C)(C1)CC(C(=O)NNc1cccc4ncccc14)(C3)C2. The van der Waals surface area contributed by atoms with Crippen LogP contribution in [0.1, 0.15) is 52.4 Å². The van der Waals surface area contributed by atoms with Gasteiger partial charge in [-0.05, 0) is 79.5 Å². The molecule has 0 aliphatic heterocycles. The predicted octanol–water partition coefficient (Wildman–Crippen LogP) is 4.67. The van der Waals surface area contributed by atoms with Crippen LogP contribution in [0.2, 0.25) is 0 Å². The minimum atomic E-state index is -0.196. The van der Waals surface area contributed by atoms with E-state index in [4.69, 9.17) is 0 Å². The lowest BCUT2D eigenvalue weighted by Crippen LogP contribution is -2.60. The van der Waals surface area contributed by atoms with Gasteiger partial charge in [-0.2, -0.15) is 0 Å². The maximum absolute atomic E-state index is 13.3. The second-order valence-corrected chi connectivity index (χ2v) is 9.87. The molecule has 2 aromatic rings. The molecule has 0 radical (unpaired) electrons. The van der Waals surface area contributed by atoms with Crippen LogP contribution in [0.5, 0.6) is 0 Å². The quantitative estimate of drug-likeness (QED) is 0.792. The molecule has 0 spiro atoms. The molecular formula is C22H27N3O. The van der Waals surface area contributed by atoms with Gasteiger partial charge >= 0.3 is 0 Å². The van der Waals surface area contributed by atoms with Crippen molar-refractivity contribution in [1.82, 2.24) is 10.4 Å². The zero-order valence-corrected chi connectivity index (χ0v) is 15.6. The van der Waals surface area contributed by atoms with Crippen molar-refractivity contribution in [3.63, 3.8) is 0 Å². The summed E-state index contributed by atoms with van der Waals surface area (Å²) in [5.41, 5.74) is 8.59. The van der Waals surface area contributed by atoms with E-state index in [1.54, 1.807) is 6.20 Å². The number of rotatable bonds is 3. The van der Waals surface area contributed by atoms with Gasteiger partial charge in [0.2, 0.25) is 5.91 Å². The van der Waals surface area contributed by atoms with Crippen molar-refractivity contribution in [3.8, 4) is 0 Å². The summed E-state index contributed by atoms with van der Waals surface area (Å²) in [5, 5.41) is 1.03. The van der Waals surface area contributed by atoms with E-state index < -0.39 is 0 Å². The summed E-state index contributed by atoms with van der Waals surface area (Å²) < 4.78 is 0. The molecule has 1 aromatic carbocycles. The third-order valence-corrected chi connectivity index (χ3v) is 7.06. The second kappa shape index (κ2) is 5.21. The van der Waals surface area contributed by atoms with Gasteiger partial charge in [-0.25, -0.2) is 0 Å². The number of nitrogens with one attached hydrogen (secondary N) is 2. The van der Waals surface area contributed by atoms with Gasteiger partial charge in [0.1, 0.15) is 0 Å². The molecule has 4 nitrogen and oxygen atoms in total. The number of hydrazine groups is 1. The van der Waals surface area contributed by atoms with Crippen molar-refractivity contribution in [3.05, 3.63) is 36.5 Å². The molecule has 4 bridgehead atoms. The van der Waals surface area contributed by atoms with Gasteiger partial charge in [0, 0.05) is 11.6 Å². The summed E-state index contributed by atoms with van der Waals surface area (Å²) in [5.74, 6) is 0.897. The molecule has 2 unspecified atom stereocenters. The normalized spacial score (nSPS) is 37.7. The number of anilines is 1. The standard InChI is InChI=1S/C22H27N3O/c1-20-9-15-10-21(2,12-20)14-22(11-15,13-20)19(26)25-24-18-7-3-6-17-16(18)5-4-8-23-17/h3-8,15,24H,9-14H2,1-2H3,(H,25,26). The maximum Gasteiger partial charge on any atom is 0.244 e. The number of nitrogens with zero attached hydrogens (tertiary/aromatic N) is 1. The summed E-state index contributed by atoms with van der Waals surface area (Å²) in [7, 11) is 0. The van der Waals surface area contributed by atoms with Gasteiger partial charge in [0.25, 0.3) is 0 Å². The minimum Gasteiger partial charge on any atom is -0.298 e. The highest BCUT2D eigenvalue weighted by atomic mass is 16.2. The topological polar surface area (TPSA) is 54.0 Å². The van der Waals surface area contributed by atoms with Gasteiger partial charge < -0.3 is 0 Å². The van der Waals surface area contributed by atoms with E-state index in [0.29, 0.717) is 16.7 Å². The zero-order chi connectivity index (χ0) is 18.0. The Hall–Kier alpha value is -2.10. The lowest BCUT2D eigenvalue weighted by atomic mass is 9.40. The first-order valence-electron chi connectivity index (χ1n) is 9.79. The van der Waals surface area contributed by atoms with Crippen molar-refractivity contribution in [2.45, 2.75) is 52.4 Å². The predicted molar refractivity (Wildman–Crippen MR) is 103 cm³/mol. The molecule has 4 heteroatoms. The molecule has 1 heterocycles. The van der Waals surface area contributed by atoms with Crippen LogP contribution < -0.4 is 10.9 Å². The number of benzene rings is 1. The highest BCUT2D eigenvalue weighted by Gasteiger charge is 2.62. The number of fused-ring (bicyclic) bond motifs is 1. The average Bonchev–Trinajstić information content (AvgIpc) is 2.56. The number of carbonyl (C=O) groups is 1. The highest BCUT2D eigenvalue weighted by molar-refractivity contribution is 5.92. The second-order valence-electron chi connectivity index (χ2n) is 9.87. The molecule has 1 aromatic heterocycles. The van der Waals surface area contributed by atoms with Crippen LogP contribution in [0.25, 0.3) is 10.9 Å². The van der Waals surface area contributed by atoms with E-state index in [9.17, 15) is 4.79 Å². The highest BCUT2D eigenvalue weighted by Crippen LogP contribution is 2.69. The fourth-order valence-corrected chi connectivity index (χ4v) is 7.17. The van der Waals surface area contributed by atoms with Gasteiger partial charge in [-0.15, -0.1) is 0 Å². The van der Waals surface area contributed by atoms with Crippen molar-refractivity contribution in [2.75, 3.05) is 5.43 Å². The molecule has 4 aliphatic carbocycles. The Kier molecular flexibility index (Phi) is 3.23. The molecule has 6 rings (SSSR count). The Morgan fingerprint density at radius 2 is 1.81 bits per heavy atom. The summed E-state index contributed by atoms with van der Waals surface area (Å²) in [6, 6.07) is 9.91. The van der Waals surface area contributed by atoms with E-state index in [-0.39, 0.29) is 11.3 Å². The van der Waals surface area contributed by atoms with E-state index in [1.165, 1.54) is 19.3 Å². The molecule has 1 amide bonds. The van der Waals surface area contributed by atoms with Crippen LogP contribution in [-0.2, 0) is 4.79 Å². The van der Waals surface area contributed by atoms with E-state index >= 15 is 0 Å². The van der Waals surface area contributed by atoms with Crippen LogP contribution in [-0.4, -0.2) is 10.9 Å². The van der Waals surface area contributed by atoms with Crippen molar-refractivity contribution < 1.29 is 4.79 Å². The zero-order valence-electron chi connectivity index (χ0n) is 15.6. The van der Waals surface area contributed by atoms with E-state index in [2.05, 4.69) is 29.7 Å². The Morgan fingerprint density at radius 3 is 2.54 bits per heavy atom. The minimum absolute atomic E-state index is 0.181. The molecule has 4 aliphatic rings. The third-order valence-electron chi connectivity index (χ3n) is 7.06. The molecule has 4 saturated carbocycles. The molecule has 2 atom stereocenters. The van der Waals surface area contributed by atoms with Crippen molar-refractivity contribution >= 4 is 22.5 Å². The summed E-state index contributed by atoms with van der Waals surface area (Å²) in [6.45, 7) is 4.81. The van der Waals surface area contributed by atoms with Gasteiger partial charge in [0.05, 0.1) is 16.6 Å². The van der Waals surface area contributed by atoms with Crippen molar-refractivity contribution in [1.29, 1.82) is 0 Å². The maximum atomic E-state index is 13.3. The monoisotopic (exact) mass is 349 g/mol. The van der Waals surface area contributed by atoms with Gasteiger partial charge in [-0.3, -0.25) is 20.6 Å². The van der Waals surface area contributed by atoms with Crippen LogP contribution in [0, 0.1) is 22.2 Å². The number of hydrogen-bond acceptors (Lipinski definition) is 3. The number of carbonyl (C=O) groups excluding carboxylic acids is 1.